The van der Waals surface area contributed by atoms with Crippen LogP contribution in [0, 0.1) is 0 Å². The molecular formula is C53H36N4S. The number of nitrogens with zero attached hydrogens (tertiary/aromatic N) is 4. The average Bonchev–Trinajstić information content (AvgIpc) is 3.94. The quantitative estimate of drug-likeness (QED) is 0.138. The van der Waals surface area contributed by atoms with E-state index in [0.717, 1.165) is 50.5 Å². The number of allylic oxidation sites excluding steroid dienone is 1. The van der Waals surface area contributed by atoms with Gasteiger partial charge < -0.3 is 9.13 Å². The zero-order valence-electron chi connectivity index (χ0n) is 31.6. The highest BCUT2D eigenvalue weighted by Gasteiger charge is 2.21. The molecule has 11 aromatic rings. The Morgan fingerprint density at radius 1 is 0.500 bits per heavy atom. The zero-order valence-corrected chi connectivity index (χ0v) is 32.4. The second-order valence-electron chi connectivity index (χ2n) is 14.6. The van der Waals surface area contributed by atoms with E-state index in [2.05, 4.69) is 191 Å². The third-order valence-corrected chi connectivity index (χ3v) is 12.5. The van der Waals surface area contributed by atoms with Crippen LogP contribution in [0.4, 0.5) is 0 Å². The summed E-state index contributed by atoms with van der Waals surface area (Å²) < 4.78 is 7.29. The van der Waals surface area contributed by atoms with Gasteiger partial charge in [-0.3, -0.25) is 9.98 Å². The Bertz CT molecular complexity index is 3420. The van der Waals surface area contributed by atoms with Crippen molar-refractivity contribution in [2.45, 2.75) is 6.54 Å². The minimum Gasteiger partial charge on any atom is -0.309 e. The number of rotatable bonds is 8. The Labute approximate surface area is 339 Å². The van der Waals surface area contributed by atoms with E-state index in [1.54, 1.807) is 0 Å². The molecule has 0 saturated carbocycles. The van der Waals surface area contributed by atoms with Gasteiger partial charge in [0.15, 0.2) is 0 Å². The number of aliphatic imine (C=N–C) groups is 2. The van der Waals surface area contributed by atoms with Crippen molar-refractivity contribution >= 4 is 93.2 Å². The molecule has 0 aliphatic heterocycles. The molecule has 3 heterocycles. The predicted molar refractivity (Wildman–Crippen MR) is 249 cm³/mol. The molecule has 8 aromatic carbocycles. The molecule has 0 saturated heterocycles. The number of hydrogen-bond acceptors (Lipinski definition) is 3. The summed E-state index contributed by atoms with van der Waals surface area (Å²) in [5, 5.41) is 7.34. The van der Waals surface area contributed by atoms with Gasteiger partial charge in [0, 0.05) is 64.2 Å². The second-order valence-corrected chi connectivity index (χ2v) is 15.7. The molecule has 11 rings (SSSR count). The number of aromatic nitrogens is 2. The SMILES string of the molecule is C=N/C(=C\C(=N/Cc1ccccc1)c1cc(-n2c3ccccc3c3cc4c5ccccc5n(-c5ccccc5)c4cc32)cc2c1sc1ccccc12)c1ccccc1. The highest BCUT2D eigenvalue weighted by molar-refractivity contribution is 7.26. The number of para-hydroxylation sites is 3. The first-order valence-corrected chi connectivity index (χ1v) is 20.4. The summed E-state index contributed by atoms with van der Waals surface area (Å²) in [5.41, 5.74) is 11.7. The normalized spacial score (nSPS) is 12.5. The first-order valence-electron chi connectivity index (χ1n) is 19.5. The molecule has 0 aliphatic carbocycles. The fraction of sp³-hybridized carbons (Fsp3) is 0.0189. The van der Waals surface area contributed by atoms with Crippen LogP contribution < -0.4 is 0 Å². The van der Waals surface area contributed by atoms with Crippen molar-refractivity contribution in [2.24, 2.45) is 9.98 Å². The Morgan fingerprint density at radius 2 is 1.07 bits per heavy atom. The molecule has 0 aliphatic rings. The minimum absolute atomic E-state index is 0.528. The summed E-state index contributed by atoms with van der Waals surface area (Å²) in [6.45, 7) is 4.55. The first kappa shape index (κ1) is 34.0. The minimum atomic E-state index is 0.528. The summed E-state index contributed by atoms with van der Waals surface area (Å²) in [6.07, 6.45) is 2.11. The number of benzene rings is 8. The van der Waals surface area contributed by atoms with Gasteiger partial charge in [-0.1, -0.05) is 133 Å². The van der Waals surface area contributed by atoms with Crippen LogP contribution in [0.3, 0.4) is 0 Å². The Balaban J connectivity index is 1.24. The fourth-order valence-electron chi connectivity index (χ4n) is 8.62. The van der Waals surface area contributed by atoms with Crippen LogP contribution in [0.2, 0.25) is 0 Å². The van der Waals surface area contributed by atoms with Crippen molar-refractivity contribution < 1.29 is 0 Å². The van der Waals surface area contributed by atoms with Crippen molar-refractivity contribution in [2.75, 3.05) is 0 Å². The predicted octanol–water partition coefficient (Wildman–Crippen LogP) is 14.0. The standard InChI is InChI=1S/C53H36N4S/c1-54-46(36-19-7-3-8-20-36)32-47(55-34-35-17-5-2-6-18-35)45-30-38(29-44-41-25-13-16-28-52(41)58-53(44)45)57-49-27-15-12-24-40(49)43-31-42-39-23-11-14-26-48(39)56(50(42)33-51(43)57)37-21-9-4-10-22-37/h2-33H,1,34H2/b46-32-,55-47+. The van der Waals surface area contributed by atoms with Crippen LogP contribution in [0.1, 0.15) is 16.7 Å². The maximum Gasteiger partial charge on any atom is 0.0716 e. The molecule has 0 bridgehead atoms. The summed E-state index contributed by atoms with van der Waals surface area (Å²) in [5.74, 6) is 0. The smallest absolute Gasteiger partial charge is 0.0716 e. The summed E-state index contributed by atoms with van der Waals surface area (Å²) >= 11 is 1.82. The lowest BCUT2D eigenvalue weighted by Gasteiger charge is -2.14. The summed E-state index contributed by atoms with van der Waals surface area (Å²) in [6, 6.07) is 67.2. The largest absolute Gasteiger partial charge is 0.309 e. The lowest BCUT2D eigenvalue weighted by Crippen LogP contribution is -2.03. The van der Waals surface area contributed by atoms with Gasteiger partial charge in [-0.2, -0.15) is 0 Å². The molecule has 0 radical (unpaired) electrons. The number of fused-ring (bicyclic) bond motifs is 9. The van der Waals surface area contributed by atoms with Crippen molar-refractivity contribution in [1.29, 1.82) is 0 Å². The highest BCUT2D eigenvalue weighted by atomic mass is 32.1. The number of thiophene rings is 1. The summed E-state index contributed by atoms with van der Waals surface area (Å²) in [7, 11) is 0. The molecule has 4 nitrogen and oxygen atoms in total. The lowest BCUT2D eigenvalue weighted by atomic mass is 10.0. The van der Waals surface area contributed by atoms with Crippen molar-refractivity contribution in [3.63, 3.8) is 0 Å². The molecular weight excluding hydrogens is 725 g/mol. The zero-order chi connectivity index (χ0) is 38.6. The van der Waals surface area contributed by atoms with E-state index < -0.39 is 0 Å². The monoisotopic (exact) mass is 760 g/mol. The van der Waals surface area contributed by atoms with Gasteiger partial charge in [-0.25, -0.2) is 0 Å². The number of hydrogen-bond donors (Lipinski definition) is 0. The van der Waals surface area contributed by atoms with Crippen molar-refractivity contribution in [3.8, 4) is 11.4 Å². The molecule has 0 fully saturated rings. The van der Waals surface area contributed by atoms with Crippen LogP contribution >= 0.6 is 11.3 Å². The Hall–Kier alpha value is -7.34. The highest BCUT2D eigenvalue weighted by Crippen LogP contribution is 2.43. The van der Waals surface area contributed by atoms with Crippen LogP contribution in [0.25, 0.3) is 80.9 Å². The van der Waals surface area contributed by atoms with E-state index in [4.69, 9.17) is 4.99 Å². The molecule has 0 amide bonds. The van der Waals surface area contributed by atoms with Crippen LogP contribution in [-0.2, 0) is 6.54 Å². The van der Waals surface area contributed by atoms with Gasteiger partial charge in [0.1, 0.15) is 0 Å². The van der Waals surface area contributed by atoms with Crippen LogP contribution in [0.15, 0.2) is 204 Å². The molecule has 0 atom stereocenters. The van der Waals surface area contributed by atoms with Crippen molar-refractivity contribution in [1.82, 2.24) is 9.13 Å². The van der Waals surface area contributed by atoms with E-state index in [1.165, 1.54) is 52.8 Å². The van der Waals surface area contributed by atoms with Gasteiger partial charge >= 0.3 is 0 Å². The molecule has 0 unspecified atom stereocenters. The maximum absolute atomic E-state index is 5.40. The average molecular weight is 761 g/mol. The van der Waals surface area contributed by atoms with Crippen LogP contribution in [-0.4, -0.2) is 21.6 Å². The molecule has 0 N–H and O–H groups in total. The maximum atomic E-state index is 5.40. The molecule has 274 valence electrons. The molecule has 3 aromatic heterocycles. The third-order valence-electron chi connectivity index (χ3n) is 11.3. The van der Waals surface area contributed by atoms with Gasteiger partial charge in [0.05, 0.1) is 40.0 Å². The van der Waals surface area contributed by atoms with E-state index >= 15 is 0 Å². The Kier molecular flexibility index (Phi) is 8.19. The summed E-state index contributed by atoms with van der Waals surface area (Å²) in [4.78, 5) is 9.96. The molecule has 5 heteroatoms. The van der Waals surface area contributed by atoms with E-state index in [1.807, 2.05) is 35.6 Å². The van der Waals surface area contributed by atoms with Gasteiger partial charge in [0.25, 0.3) is 0 Å². The van der Waals surface area contributed by atoms with Gasteiger partial charge in [-0.15, -0.1) is 11.3 Å². The molecule has 58 heavy (non-hydrogen) atoms. The van der Waals surface area contributed by atoms with Crippen molar-refractivity contribution in [3.05, 3.63) is 211 Å². The first-order chi connectivity index (χ1) is 28.7. The fourth-order valence-corrected chi connectivity index (χ4v) is 9.83. The molecule has 0 spiro atoms. The lowest BCUT2D eigenvalue weighted by molar-refractivity contribution is 1.07. The van der Waals surface area contributed by atoms with E-state index in [-0.39, 0.29) is 0 Å². The van der Waals surface area contributed by atoms with Crippen LogP contribution in [0.5, 0.6) is 0 Å². The van der Waals surface area contributed by atoms with E-state index in [0.29, 0.717) is 6.54 Å². The second kappa shape index (κ2) is 14.0. The van der Waals surface area contributed by atoms with E-state index in [9.17, 15) is 0 Å². The van der Waals surface area contributed by atoms with Gasteiger partial charge in [-0.05, 0) is 73.0 Å². The third kappa shape index (κ3) is 5.59. The topological polar surface area (TPSA) is 34.6 Å². The Morgan fingerprint density at radius 3 is 1.74 bits per heavy atom. The van der Waals surface area contributed by atoms with Gasteiger partial charge in [0.2, 0.25) is 0 Å².